The lowest BCUT2D eigenvalue weighted by Gasteiger charge is -2.56. The van der Waals surface area contributed by atoms with Gasteiger partial charge in [-0.15, -0.1) is 0 Å². The highest BCUT2D eigenvalue weighted by atomic mass is 16.7. The molecular formula is C25H36O4. The van der Waals surface area contributed by atoms with E-state index in [1.165, 1.54) is 32.1 Å². The Balaban J connectivity index is 1.33. The van der Waals surface area contributed by atoms with Crippen molar-refractivity contribution >= 4 is 0 Å². The van der Waals surface area contributed by atoms with Crippen LogP contribution in [0.5, 0.6) is 0 Å². The molecule has 1 spiro atoms. The van der Waals surface area contributed by atoms with Crippen LogP contribution < -0.4 is 0 Å². The largest absolute Gasteiger partial charge is 0.348 e. The molecule has 4 heteroatoms. The van der Waals surface area contributed by atoms with Crippen LogP contribution in [0.1, 0.15) is 65.7 Å². The molecule has 3 saturated carbocycles. The Bertz CT molecular complexity index is 757. The summed E-state index contributed by atoms with van der Waals surface area (Å²) >= 11 is 0. The topological polar surface area (TPSA) is 36.9 Å². The summed E-state index contributed by atoms with van der Waals surface area (Å²) in [4.78, 5) is 0. The molecule has 6 rings (SSSR count). The second kappa shape index (κ2) is 6.18. The van der Waals surface area contributed by atoms with Crippen LogP contribution in [0.25, 0.3) is 0 Å². The Kier molecular flexibility index (Phi) is 4.06. The molecular weight excluding hydrogens is 364 g/mol. The Morgan fingerprint density at radius 3 is 2.24 bits per heavy atom. The van der Waals surface area contributed by atoms with Gasteiger partial charge in [-0.3, -0.25) is 0 Å². The summed E-state index contributed by atoms with van der Waals surface area (Å²) in [5.74, 6) is 1.13. The van der Waals surface area contributed by atoms with Gasteiger partial charge in [0.25, 0.3) is 0 Å². The molecule has 160 valence electrons. The molecule has 29 heavy (non-hydrogen) atoms. The van der Waals surface area contributed by atoms with Crippen LogP contribution in [-0.4, -0.2) is 38.0 Å². The molecule has 0 unspecified atom stereocenters. The molecule has 0 aromatic heterocycles. The van der Waals surface area contributed by atoms with Gasteiger partial charge in [0.2, 0.25) is 0 Å². The minimum absolute atomic E-state index is 0.272. The van der Waals surface area contributed by atoms with Crippen molar-refractivity contribution in [1.82, 2.24) is 0 Å². The first-order chi connectivity index (χ1) is 13.9. The average Bonchev–Trinajstić information content (AvgIpc) is 3.42. The molecule has 0 aromatic rings. The molecule has 4 aliphatic carbocycles. The monoisotopic (exact) mass is 400 g/mol. The number of rotatable bonds is 1. The molecule has 0 bridgehead atoms. The number of ether oxygens (including phenoxy) is 4. The predicted molar refractivity (Wildman–Crippen MR) is 110 cm³/mol. The fraction of sp³-hybridized carbons (Fsp3) is 0.840. The Morgan fingerprint density at radius 1 is 0.759 bits per heavy atom. The summed E-state index contributed by atoms with van der Waals surface area (Å²) in [6.45, 7) is 10.2. The van der Waals surface area contributed by atoms with Crippen LogP contribution in [0, 0.1) is 28.6 Å². The number of hydrogen-bond acceptors (Lipinski definition) is 4. The molecule has 5 atom stereocenters. The van der Waals surface area contributed by atoms with E-state index in [9.17, 15) is 0 Å². The summed E-state index contributed by atoms with van der Waals surface area (Å²) in [6.07, 6.45) is 13.2. The van der Waals surface area contributed by atoms with Crippen molar-refractivity contribution in [1.29, 1.82) is 0 Å². The Hall–Kier alpha value is -0.680. The van der Waals surface area contributed by atoms with E-state index in [4.69, 9.17) is 18.9 Å². The first-order valence-corrected chi connectivity index (χ1v) is 11.9. The number of allylic oxidation sites excluding steroid dienone is 3. The van der Waals surface area contributed by atoms with E-state index in [1.54, 1.807) is 11.1 Å². The number of hydrogen-bond donors (Lipinski definition) is 0. The molecule has 0 radical (unpaired) electrons. The molecule has 6 aliphatic rings. The van der Waals surface area contributed by atoms with Crippen LogP contribution in [0.4, 0.5) is 0 Å². The van der Waals surface area contributed by atoms with Crippen molar-refractivity contribution in [3.8, 4) is 0 Å². The zero-order chi connectivity index (χ0) is 19.9. The van der Waals surface area contributed by atoms with Crippen LogP contribution in [0.3, 0.4) is 0 Å². The van der Waals surface area contributed by atoms with Crippen molar-refractivity contribution < 1.29 is 18.9 Å². The van der Waals surface area contributed by atoms with E-state index in [-0.39, 0.29) is 22.4 Å². The highest BCUT2D eigenvalue weighted by molar-refractivity contribution is 5.39. The molecule has 5 fully saturated rings. The molecule has 2 heterocycles. The fourth-order valence-electron chi connectivity index (χ4n) is 8.29. The van der Waals surface area contributed by atoms with Gasteiger partial charge in [-0.2, -0.15) is 0 Å². The van der Waals surface area contributed by atoms with Gasteiger partial charge in [-0.25, -0.2) is 0 Å². The SMILES string of the molecule is CC1([C@H]2CC[C@H]3C4=CC=C5CC6(CC[C@]5(C)[C@H]4CC[C@]23C)OCCO6)OCCO1. The third kappa shape index (κ3) is 2.52. The van der Waals surface area contributed by atoms with Crippen LogP contribution in [0.15, 0.2) is 23.3 Å². The summed E-state index contributed by atoms with van der Waals surface area (Å²) in [5.41, 5.74) is 3.84. The summed E-state index contributed by atoms with van der Waals surface area (Å²) in [7, 11) is 0. The van der Waals surface area contributed by atoms with Crippen molar-refractivity contribution in [3.05, 3.63) is 23.3 Å². The van der Waals surface area contributed by atoms with Crippen LogP contribution in [0.2, 0.25) is 0 Å². The standard InChI is InChI=1S/C25H36O4/c1-22-10-11-25(28-14-15-29-25)16-17(22)4-5-18-19-6-7-21(24(3)26-12-13-27-24)23(19,2)9-8-20(18)22/h4-5,19-21H,6-16H2,1-3H3/t19-,20-,21-,22-,23-/m0/s1. The third-order valence-corrected chi connectivity index (χ3v) is 9.88. The van der Waals surface area contributed by atoms with Gasteiger partial charge in [0.1, 0.15) is 0 Å². The van der Waals surface area contributed by atoms with Gasteiger partial charge in [0.05, 0.1) is 26.4 Å². The maximum absolute atomic E-state index is 6.15. The number of fused-ring (bicyclic) bond motifs is 5. The van der Waals surface area contributed by atoms with Gasteiger partial charge in [0.15, 0.2) is 11.6 Å². The molecule has 2 saturated heterocycles. The van der Waals surface area contributed by atoms with Crippen molar-refractivity contribution in [2.75, 3.05) is 26.4 Å². The normalized spacial score (nSPS) is 47.3. The maximum Gasteiger partial charge on any atom is 0.172 e. The summed E-state index contributed by atoms with van der Waals surface area (Å²) in [5, 5.41) is 0. The highest BCUT2D eigenvalue weighted by Crippen LogP contribution is 2.67. The van der Waals surface area contributed by atoms with Crippen molar-refractivity contribution in [2.24, 2.45) is 28.6 Å². The van der Waals surface area contributed by atoms with Crippen LogP contribution >= 0.6 is 0 Å². The zero-order valence-electron chi connectivity index (χ0n) is 18.3. The zero-order valence-corrected chi connectivity index (χ0v) is 18.3. The van der Waals surface area contributed by atoms with Gasteiger partial charge >= 0.3 is 0 Å². The molecule has 0 N–H and O–H groups in total. The first-order valence-electron chi connectivity index (χ1n) is 11.9. The predicted octanol–water partition coefficient (Wildman–Crippen LogP) is 4.99. The Morgan fingerprint density at radius 2 is 1.48 bits per heavy atom. The van der Waals surface area contributed by atoms with Gasteiger partial charge in [-0.1, -0.05) is 37.1 Å². The maximum atomic E-state index is 6.15. The van der Waals surface area contributed by atoms with Crippen LogP contribution in [-0.2, 0) is 18.9 Å². The minimum Gasteiger partial charge on any atom is -0.348 e. The molecule has 2 aliphatic heterocycles. The van der Waals surface area contributed by atoms with E-state index in [1.807, 2.05) is 0 Å². The van der Waals surface area contributed by atoms with E-state index < -0.39 is 0 Å². The van der Waals surface area contributed by atoms with E-state index >= 15 is 0 Å². The second-order valence-corrected chi connectivity index (χ2v) is 11.1. The van der Waals surface area contributed by atoms with Crippen molar-refractivity contribution in [2.45, 2.75) is 77.3 Å². The highest BCUT2D eigenvalue weighted by Gasteiger charge is 2.62. The minimum atomic E-state index is -0.384. The molecule has 4 nitrogen and oxygen atoms in total. The van der Waals surface area contributed by atoms with Gasteiger partial charge in [0, 0.05) is 18.8 Å². The lowest BCUT2D eigenvalue weighted by atomic mass is 9.50. The third-order valence-electron chi connectivity index (χ3n) is 9.88. The van der Waals surface area contributed by atoms with Crippen molar-refractivity contribution in [3.63, 3.8) is 0 Å². The lowest BCUT2D eigenvalue weighted by molar-refractivity contribution is -0.208. The quantitative estimate of drug-likeness (QED) is 0.621. The average molecular weight is 401 g/mol. The fourth-order valence-corrected chi connectivity index (χ4v) is 8.29. The molecule has 0 aromatic carbocycles. The summed E-state index contributed by atoms with van der Waals surface area (Å²) in [6, 6.07) is 0. The second-order valence-electron chi connectivity index (χ2n) is 11.1. The first kappa shape index (κ1) is 19.0. The lowest BCUT2D eigenvalue weighted by Crippen LogP contribution is -2.51. The van der Waals surface area contributed by atoms with E-state index in [2.05, 4.69) is 32.9 Å². The van der Waals surface area contributed by atoms with E-state index in [0.29, 0.717) is 17.8 Å². The molecule has 0 amide bonds. The smallest absolute Gasteiger partial charge is 0.172 e. The summed E-state index contributed by atoms with van der Waals surface area (Å²) < 4.78 is 24.4. The Labute approximate surface area is 175 Å². The van der Waals surface area contributed by atoms with Gasteiger partial charge in [-0.05, 0) is 61.7 Å². The van der Waals surface area contributed by atoms with E-state index in [0.717, 1.165) is 39.3 Å². The van der Waals surface area contributed by atoms with Gasteiger partial charge < -0.3 is 18.9 Å².